The van der Waals surface area contributed by atoms with Gasteiger partial charge in [0.25, 0.3) is 5.56 Å². The lowest BCUT2D eigenvalue weighted by Crippen LogP contribution is -2.08. The summed E-state index contributed by atoms with van der Waals surface area (Å²) in [6.07, 6.45) is 0. The van der Waals surface area contributed by atoms with Gasteiger partial charge in [0.1, 0.15) is 0 Å². The normalized spacial score (nSPS) is 10.2. The van der Waals surface area contributed by atoms with Crippen LogP contribution in [0.15, 0.2) is 16.0 Å². The van der Waals surface area contributed by atoms with E-state index in [9.17, 15) is 4.79 Å². The zero-order chi connectivity index (χ0) is 8.97. The minimum Gasteiger partial charge on any atom is -0.301 e. The van der Waals surface area contributed by atoms with E-state index in [4.69, 9.17) is 0 Å². The summed E-state index contributed by atoms with van der Waals surface area (Å²) in [5, 5.41) is 1.59. The lowest BCUT2D eigenvalue weighted by molar-refractivity contribution is 0.906. The predicted octanol–water partition coefficient (Wildman–Crippen LogP) is 1.57. The highest BCUT2D eigenvalue weighted by Crippen LogP contribution is 2.10. The Labute approximate surface area is 83.1 Å². The number of alkyl halides is 1. The lowest BCUT2D eigenvalue weighted by atomic mass is 10.5. The molecule has 0 radical (unpaired) electrons. The van der Waals surface area contributed by atoms with Crippen LogP contribution in [0.3, 0.4) is 0 Å². The summed E-state index contributed by atoms with van der Waals surface area (Å²) in [6, 6.07) is 1.48. The summed E-state index contributed by atoms with van der Waals surface area (Å²) in [4.78, 5) is 17.8. The molecule has 0 atom stereocenters. The van der Waals surface area contributed by atoms with Crippen LogP contribution in [0.1, 0.15) is 5.69 Å². The van der Waals surface area contributed by atoms with Crippen molar-refractivity contribution in [3.63, 3.8) is 0 Å². The number of nitrogens with one attached hydrogen (secondary N) is 1. The topological polar surface area (TPSA) is 45.8 Å². The monoisotopic (exact) mass is 248 g/mol. The van der Waals surface area contributed by atoms with E-state index in [1.165, 1.54) is 17.8 Å². The molecule has 0 fully saturated rings. The predicted molar refractivity (Wildman–Crippen MR) is 54.1 cm³/mol. The van der Waals surface area contributed by atoms with Gasteiger partial charge in [0.2, 0.25) is 0 Å². The van der Waals surface area contributed by atoms with Gasteiger partial charge in [-0.15, -0.1) is 0 Å². The second kappa shape index (κ2) is 4.67. The Morgan fingerprint density at radius 3 is 3.08 bits per heavy atom. The van der Waals surface area contributed by atoms with E-state index >= 15 is 0 Å². The number of rotatable bonds is 3. The van der Waals surface area contributed by atoms with Gasteiger partial charge in [0.05, 0.1) is 0 Å². The van der Waals surface area contributed by atoms with E-state index in [1.54, 1.807) is 0 Å². The molecule has 1 rings (SSSR count). The molecule has 0 aromatic carbocycles. The molecule has 0 amide bonds. The number of thioether (sulfide) groups is 1. The molecule has 12 heavy (non-hydrogen) atoms. The third-order valence-corrected chi connectivity index (χ3v) is 2.96. The molecule has 0 bridgehead atoms. The molecule has 1 aromatic rings. The fourth-order valence-electron chi connectivity index (χ4n) is 0.755. The van der Waals surface area contributed by atoms with E-state index in [2.05, 4.69) is 25.9 Å². The molecule has 3 nitrogen and oxygen atoms in total. The number of aromatic nitrogens is 2. The average molecular weight is 249 g/mol. The Morgan fingerprint density at radius 1 is 1.75 bits per heavy atom. The molecule has 0 aliphatic carbocycles. The van der Waals surface area contributed by atoms with Crippen LogP contribution in [0.2, 0.25) is 0 Å². The van der Waals surface area contributed by atoms with Crippen molar-refractivity contribution in [2.45, 2.75) is 12.1 Å². The third-order valence-electron chi connectivity index (χ3n) is 1.16. The van der Waals surface area contributed by atoms with Crippen molar-refractivity contribution in [3.8, 4) is 0 Å². The Kier molecular flexibility index (Phi) is 3.81. The van der Waals surface area contributed by atoms with E-state index < -0.39 is 0 Å². The Hall–Kier alpha value is -0.290. The second-order valence-electron chi connectivity index (χ2n) is 2.23. The molecule has 0 spiro atoms. The molecule has 66 valence electrons. The maximum atomic E-state index is 11.0. The third kappa shape index (κ3) is 2.98. The van der Waals surface area contributed by atoms with Crippen LogP contribution < -0.4 is 5.56 Å². The largest absolute Gasteiger partial charge is 0.301 e. The molecule has 1 heterocycles. The molecule has 0 unspecified atom stereocenters. The van der Waals surface area contributed by atoms with Crippen molar-refractivity contribution in [2.75, 3.05) is 11.1 Å². The fraction of sp³-hybridized carbons (Fsp3) is 0.429. The highest BCUT2D eigenvalue weighted by Gasteiger charge is 1.97. The fourth-order valence-corrected chi connectivity index (χ4v) is 1.89. The van der Waals surface area contributed by atoms with Crippen LogP contribution in [0.5, 0.6) is 0 Å². The van der Waals surface area contributed by atoms with E-state index in [1.807, 2.05) is 6.92 Å². The molecule has 0 aliphatic heterocycles. The summed E-state index contributed by atoms with van der Waals surface area (Å²) in [6.45, 7) is 1.81. The Bertz CT molecular complexity index is 313. The molecule has 5 heteroatoms. The first-order valence-electron chi connectivity index (χ1n) is 3.49. The van der Waals surface area contributed by atoms with Gasteiger partial charge in [-0.3, -0.25) is 4.79 Å². The molecule has 1 N–H and O–H groups in total. The van der Waals surface area contributed by atoms with Gasteiger partial charge in [-0.2, -0.15) is 0 Å². The Morgan fingerprint density at radius 2 is 2.50 bits per heavy atom. The number of nitrogens with zero attached hydrogens (tertiary/aromatic N) is 1. The number of aryl methyl sites for hydroxylation is 1. The molecule has 0 saturated heterocycles. The van der Waals surface area contributed by atoms with Crippen molar-refractivity contribution >= 4 is 27.7 Å². The van der Waals surface area contributed by atoms with Gasteiger partial charge in [-0.1, -0.05) is 27.7 Å². The molecule has 1 aromatic heterocycles. The van der Waals surface area contributed by atoms with E-state index in [0.29, 0.717) is 5.16 Å². The van der Waals surface area contributed by atoms with Crippen molar-refractivity contribution in [1.82, 2.24) is 9.97 Å². The summed E-state index contributed by atoms with van der Waals surface area (Å²) in [5.74, 6) is 0.909. The lowest BCUT2D eigenvalue weighted by Gasteiger charge is -1.98. The van der Waals surface area contributed by atoms with Gasteiger partial charge < -0.3 is 4.98 Å². The highest BCUT2D eigenvalue weighted by molar-refractivity contribution is 9.09. The number of aromatic amines is 1. The quantitative estimate of drug-likeness (QED) is 0.502. The zero-order valence-corrected chi connectivity index (χ0v) is 9.04. The van der Waals surface area contributed by atoms with Gasteiger partial charge in [0, 0.05) is 22.8 Å². The second-order valence-corrected chi connectivity index (χ2v) is 4.11. The van der Waals surface area contributed by atoms with Crippen LogP contribution in [0, 0.1) is 6.92 Å². The summed E-state index contributed by atoms with van der Waals surface area (Å²) >= 11 is 4.84. The van der Waals surface area contributed by atoms with Gasteiger partial charge >= 0.3 is 0 Å². The summed E-state index contributed by atoms with van der Waals surface area (Å²) < 4.78 is 0. The van der Waals surface area contributed by atoms with Crippen molar-refractivity contribution < 1.29 is 0 Å². The van der Waals surface area contributed by atoms with Crippen molar-refractivity contribution in [3.05, 3.63) is 22.1 Å². The maximum absolute atomic E-state index is 11.0. The number of H-pyrrole nitrogens is 1. The first-order chi connectivity index (χ1) is 5.72. The zero-order valence-electron chi connectivity index (χ0n) is 6.63. The van der Waals surface area contributed by atoms with E-state index in [-0.39, 0.29) is 5.56 Å². The van der Waals surface area contributed by atoms with Crippen LogP contribution in [-0.2, 0) is 0 Å². The van der Waals surface area contributed by atoms with Gasteiger partial charge in [0.15, 0.2) is 5.16 Å². The van der Waals surface area contributed by atoms with E-state index in [0.717, 1.165) is 16.8 Å². The van der Waals surface area contributed by atoms with Gasteiger partial charge in [-0.05, 0) is 6.92 Å². The van der Waals surface area contributed by atoms with Crippen LogP contribution in [0.4, 0.5) is 0 Å². The number of halogens is 1. The SMILES string of the molecule is Cc1cc(=O)[nH]c(SCCBr)n1. The van der Waals surface area contributed by atoms with Crippen LogP contribution >= 0.6 is 27.7 Å². The van der Waals surface area contributed by atoms with Crippen molar-refractivity contribution in [1.29, 1.82) is 0 Å². The van der Waals surface area contributed by atoms with Gasteiger partial charge in [-0.25, -0.2) is 4.98 Å². The minimum atomic E-state index is -0.0837. The average Bonchev–Trinajstić information content (AvgIpc) is 1.99. The standard InChI is InChI=1S/C7H9BrN2OS/c1-5-4-6(11)10-7(9-5)12-3-2-8/h4H,2-3H2,1H3,(H,9,10,11). The molecule has 0 aliphatic rings. The smallest absolute Gasteiger partial charge is 0.251 e. The van der Waals surface area contributed by atoms with Crippen LogP contribution in [-0.4, -0.2) is 21.1 Å². The molecular formula is C7H9BrN2OS. The number of hydrogen-bond donors (Lipinski definition) is 1. The molecule has 0 saturated carbocycles. The minimum absolute atomic E-state index is 0.0837. The summed E-state index contributed by atoms with van der Waals surface area (Å²) in [5.41, 5.74) is 0.676. The Balaban J connectivity index is 2.79. The molecular weight excluding hydrogens is 240 g/mol. The first kappa shape index (κ1) is 9.80. The highest BCUT2D eigenvalue weighted by atomic mass is 79.9. The summed E-state index contributed by atoms with van der Waals surface area (Å²) in [7, 11) is 0. The maximum Gasteiger partial charge on any atom is 0.251 e. The van der Waals surface area contributed by atoms with Crippen LogP contribution in [0.25, 0.3) is 0 Å². The number of hydrogen-bond acceptors (Lipinski definition) is 3. The first-order valence-corrected chi connectivity index (χ1v) is 5.60. The van der Waals surface area contributed by atoms with Crippen molar-refractivity contribution in [2.24, 2.45) is 0 Å².